The minimum absolute atomic E-state index is 0.105. The molecular weight excluding hydrogens is 330 g/mol. The Kier molecular flexibility index (Phi) is 5.51. The molecule has 0 aliphatic heterocycles. The number of likely N-dealkylation sites (N-methyl/N-ethyl adjacent to an activating group) is 1. The maximum Gasteiger partial charge on any atom is 0.349 e. The van der Waals surface area contributed by atoms with Crippen LogP contribution >= 0.6 is 22.9 Å². The van der Waals surface area contributed by atoms with E-state index in [1.54, 1.807) is 0 Å². The molecule has 1 heterocycles. The first-order chi connectivity index (χ1) is 9.25. The summed E-state index contributed by atoms with van der Waals surface area (Å²) in [5.74, 6) is -1.55. The molecule has 0 saturated heterocycles. The second-order valence-electron chi connectivity index (χ2n) is 3.57. The lowest BCUT2D eigenvalue weighted by molar-refractivity contribution is -0.140. The molecule has 0 N–H and O–H groups in total. The molecule has 0 aliphatic rings. The molecule has 1 rings (SSSR count). The molecule has 0 fully saturated rings. The summed E-state index contributed by atoms with van der Waals surface area (Å²) in [5, 5.41) is 1.21. The van der Waals surface area contributed by atoms with Gasteiger partial charge in [0.25, 0.3) is 0 Å². The van der Waals surface area contributed by atoms with E-state index in [-0.39, 0.29) is 14.8 Å². The van der Waals surface area contributed by atoms with E-state index in [0.29, 0.717) is 0 Å². The highest BCUT2D eigenvalue weighted by Crippen LogP contribution is 2.33. The number of sulfonamides is 1. The maximum absolute atomic E-state index is 12.3. The van der Waals surface area contributed by atoms with E-state index in [4.69, 9.17) is 11.6 Å². The summed E-state index contributed by atoms with van der Waals surface area (Å²) in [4.78, 5) is 22.2. The molecule has 0 saturated carbocycles. The molecule has 0 unspecified atom stereocenters. The Hall–Kier alpha value is -1.16. The summed E-state index contributed by atoms with van der Waals surface area (Å²) in [7, 11) is -0.657. The number of carbonyl (C=O) groups excluding carboxylic acids is 2. The van der Waals surface area contributed by atoms with Crippen molar-refractivity contribution >= 4 is 44.9 Å². The van der Waals surface area contributed by atoms with Crippen LogP contribution in [0.15, 0.2) is 10.3 Å². The Bertz CT molecular complexity index is 624. The zero-order valence-corrected chi connectivity index (χ0v) is 13.3. The third-order valence-electron chi connectivity index (χ3n) is 2.32. The third kappa shape index (κ3) is 3.29. The number of ether oxygens (including phenoxy) is 2. The highest BCUT2D eigenvalue weighted by Gasteiger charge is 2.32. The van der Waals surface area contributed by atoms with Gasteiger partial charge in [0.05, 0.1) is 19.2 Å². The van der Waals surface area contributed by atoms with Crippen LogP contribution in [-0.2, 0) is 24.3 Å². The number of nitrogens with zero attached hydrogens (tertiary/aromatic N) is 1. The van der Waals surface area contributed by atoms with E-state index >= 15 is 0 Å². The lowest BCUT2D eigenvalue weighted by Crippen LogP contribution is -2.33. The van der Waals surface area contributed by atoms with Crippen molar-refractivity contribution in [2.45, 2.75) is 4.90 Å². The molecule has 20 heavy (non-hydrogen) atoms. The number of hydrogen-bond donors (Lipinski definition) is 0. The topological polar surface area (TPSA) is 90.0 Å². The van der Waals surface area contributed by atoms with Crippen molar-refractivity contribution < 1.29 is 27.5 Å². The summed E-state index contributed by atoms with van der Waals surface area (Å²) in [6.07, 6.45) is 0. The molecule has 0 aromatic carbocycles. The monoisotopic (exact) mass is 341 g/mol. The van der Waals surface area contributed by atoms with Gasteiger partial charge in [-0.2, -0.15) is 4.31 Å². The van der Waals surface area contributed by atoms with Gasteiger partial charge in [0, 0.05) is 12.4 Å². The average Bonchev–Trinajstić information content (AvgIpc) is 2.79. The van der Waals surface area contributed by atoms with Gasteiger partial charge in [-0.15, -0.1) is 11.3 Å². The fourth-order valence-corrected chi connectivity index (χ4v) is 4.34. The number of carbonyl (C=O) groups is 2. The number of methoxy groups -OCH3 is 2. The first-order valence-electron chi connectivity index (χ1n) is 5.14. The Labute approximate surface area is 125 Å². The fourth-order valence-electron chi connectivity index (χ4n) is 1.29. The predicted molar refractivity (Wildman–Crippen MR) is 72.5 cm³/mol. The van der Waals surface area contributed by atoms with Crippen molar-refractivity contribution in [1.82, 2.24) is 4.31 Å². The van der Waals surface area contributed by atoms with Gasteiger partial charge >= 0.3 is 11.9 Å². The highest BCUT2D eigenvalue weighted by atomic mass is 35.5. The molecule has 1 aromatic heterocycles. The van der Waals surface area contributed by atoms with Crippen LogP contribution in [0.2, 0.25) is 5.02 Å². The van der Waals surface area contributed by atoms with Gasteiger partial charge in [-0.05, 0) is 0 Å². The zero-order valence-electron chi connectivity index (χ0n) is 10.9. The van der Waals surface area contributed by atoms with Gasteiger partial charge in [0.2, 0.25) is 10.0 Å². The molecule has 1 aromatic rings. The number of halogens is 1. The third-order valence-corrected chi connectivity index (χ3v) is 5.84. The van der Waals surface area contributed by atoms with Crippen LogP contribution < -0.4 is 0 Å². The lowest BCUT2D eigenvalue weighted by atomic mass is 10.5. The second kappa shape index (κ2) is 6.53. The molecule has 0 radical (unpaired) electrons. The van der Waals surface area contributed by atoms with Crippen molar-refractivity contribution in [1.29, 1.82) is 0 Å². The Balaban J connectivity index is 3.25. The van der Waals surface area contributed by atoms with Crippen molar-refractivity contribution in [2.75, 3.05) is 27.8 Å². The van der Waals surface area contributed by atoms with Gasteiger partial charge < -0.3 is 9.47 Å². The predicted octanol–water partition coefficient (Wildman–Crippen LogP) is 0.982. The van der Waals surface area contributed by atoms with Gasteiger partial charge in [-0.25, -0.2) is 13.2 Å². The Morgan fingerprint density at radius 1 is 1.35 bits per heavy atom. The van der Waals surface area contributed by atoms with Crippen LogP contribution in [0.4, 0.5) is 0 Å². The minimum Gasteiger partial charge on any atom is -0.468 e. The largest absolute Gasteiger partial charge is 0.468 e. The van der Waals surface area contributed by atoms with Crippen molar-refractivity contribution in [3.8, 4) is 0 Å². The Morgan fingerprint density at radius 2 is 1.95 bits per heavy atom. The molecule has 112 valence electrons. The SMILES string of the molecule is COC(=O)CN(C)S(=O)(=O)c1c(Cl)csc1C(=O)OC. The summed E-state index contributed by atoms with van der Waals surface area (Å²) >= 11 is 6.67. The number of esters is 2. The van der Waals surface area contributed by atoms with Gasteiger partial charge in [0.15, 0.2) is 0 Å². The molecule has 0 amide bonds. The summed E-state index contributed by atoms with van der Waals surface area (Å²) < 4.78 is 34.3. The van der Waals surface area contributed by atoms with E-state index < -0.39 is 28.5 Å². The summed E-state index contributed by atoms with van der Waals surface area (Å²) in [6.45, 7) is -0.494. The molecule has 0 spiro atoms. The molecule has 0 aliphatic carbocycles. The smallest absolute Gasteiger partial charge is 0.349 e. The quantitative estimate of drug-likeness (QED) is 0.742. The van der Waals surface area contributed by atoms with Crippen LogP contribution in [-0.4, -0.2) is 52.5 Å². The molecule has 10 heteroatoms. The molecule has 0 atom stereocenters. The highest BCUT2D eigenvalue weighted by molar-refractivity contribution is 7.89. The van der Waals surface area contributed by atoms with E-state index in [0.717, 1.165) is 29.9 Å². The van der Waals surface area contributed by atoms with E-state index in [9.17, 15) is 18.0 Å². The first kappa shape index (κ1) is 16.9. The van der Waals surface area contributed by atoms with Crippen LogP contribution in [0.25, 0.3) is 0 Å². The second-order valence-corrected chi connectivity index (χ2v) is 6.84. The van der Waals surface area contributed by atoms with Crippen LogP contribution in [0.5, 0.6) is 0 Å². The lowest BCUT2D eigenvalue weighted by Gasteiger charge is -2.16. The van der Waals surface area contributed by atoms with Crippen LogP contribution in [0.3, 0.4) is 0 Å². The summed E-state index contributed by atoms with van der Waals surface area (Å²) in [5.41, 5.74) is 0. The standard InChI is InChI=1S/C10H12ClNO6S2/c1-12(4-7(13)17-2)20(15,16)9-6(11)5-19-8(9)10(14)18-3/h5H,4H2,1-3H3. The van der Waals surface area contributed by atoms with E-state index in [1.807, 2.05) is 0 Å². The Morgan fingerprint density at radius 3 is 2.45 bits per heavy atom. The number of rotatable bonds is 5. The zero-order chi connectivity index (χ0) is 15.5. The van der Waals surface area contributed by atoms with Gasteiger partial charge in [-0.1, -0.05) is 11.6 Å². The molecule has 0 bridgehead atoms. The van der Waals surface area contributed by atoms with Crippen LogP contribution in [0, 0.1) is 0 Å². The van der Waals surface area contributed by atoms with Crippen LogP contribution in [0.1, 0.15) is 9.67 Å². The molecular formula is C10H12ClNO6S2. The van der Waals surface area contributed by atoms with Crippen molar-refractivity contribution in [2.24, 2.45) is 0 Å². The number of hydrogen-bond acceptors (Lipinski definition) is 7. The van der Waals surface area contributed by atoms with Crippen molar-refractivity contribution in [3.63, 3.8) is 0 Å². The van der Waals surface area contributed by atoms with Gasteiger partial charge in [0.1, 0.15) is 16.3 Å². The normalized spacial score (nSPS) is 11.4. The minimum atomic E-state index is -4.11. The maximum atomic E-state index is 12.3. The van der Waals surface area contributed by atoms with Gasteiger partial charge in [-0.3, -0.25) is 4.79 Å². The fraction of sp³-hybridized carbons (Fsp3) is 0.400. The van der Waals surface area contributed by atoms with Crippen molar-refractivity contribution in [3.05, 3.63) is 15.3 Å². The van der Waals surface area contributed by atoms with E-state index in [1.165, 1.54) is 12.4 Å². The first-order valence-corrected chi connectivity index (χ1v) is 7.84. The summed E-state index contributed by atoms with van der Waals surface area (Å²) in [6, 6.07) is 0. The van der Waals surface area contributed by atoms with E-state index in [2.05, 4.69) is 9.47 Å². The molecule has 7 nitrogen and oxygen atoms in total. The average molecular weight is 342 g/mol. The number of thiophene rings is 1.